The lowest BCUT2D eigenvalue weighted by Gasteiger charge is -2.33. The van der Waals surface area contributed by atoms with Crippen LogP contribution in [0.25, 0.3) is 0 Å². The van der Waals surface area contributed by atoms with E-state index < -0.39 is 0 Å². The van der Waals surface area contributed by atoms with Crippen molar-refractivity contribution in [1.82, 2.24) is 9.88 Å². The molecule has 0 N–H and O–H groups in total. The molecular formula is C15H18N2O3S2. The molecule has 118 valence electrons. The summed E-state index contributed by atoms with van der Waals surface area (Å²) in [5.74, 6) is 3.49. The van der Waals surface area contributed by atoms with E-state index in [4.69, 9.17) is 9.15 Å². The van der Waals surface area contributed by atoms with E-state index in [9.17, 15) is 4.79 Å². The highest BCUT2D eigenvalue weighted by Crippen LogP contribution is 2.32. The Bertz CT molecular complexity index is 653. The predicted octanol–water partition coefficient (Wildman–Crippen LogP) is 3.12. The van der Waals surface area contributed by atoms with Crippen LogP contribution in [0.3, 0.4) is 0 Å². The molecule has 7 heteroatoms. The van der Waals surface area contributed by atoms with Crippen LogP contribution in [0, 0.1) is 6.92 Å². The number of aryl methyl sites for hydroxylation is 1. The fraction of sp³-hybridized carbons (Fsp3) is 0.467. The Balaban J connectivity index is 1.81. The standard InChI is InChI=1S/C15H18N2O3S2/c1-10-3-4-13(20-10)12-9-21-6-5-17(12)15(18)11-8-22-14(16-11)7-19-2/h3-4,8,12H,5-7,9H2,1-2H3/t12-/m0/s1. The van der Waals surface area contributed by atoms with E-state index in [1.807, 2.05) is 41.1 Å². The molecule has 3 heterocycles. The number of aromatic nitrogens is 1. The van der Waals surface area contributed by atoms with Gasteiger partial charge in [-0.05, 0) is 19.1 Å². The second-order valence-electron chi connectivity index (χ2n) is 5.10. The molecule has 3 rings (SSSR count). The van der Waals surface area contributed by atoms with Crippen molar-refractivity contribution in [3.8, 4) is 0 Å². The molecule has 1 atom stereocenters. The number of carbonyl (C=O) groups excluding carboxylic acids is 1. The molecule has 0 bridgehead atoms. The number of amides is 1. The third-order valence-electron chi connectivity index (χ3n) is 3.52. The van der Waals surface area contributed by atoms with Gasteiger partial charge in [0.05, 0.1) is 12.6 Å². The summed E-state index contributed by atoms with van der Waals surface area (Å²) in [4.78, 5) is 19.0. The Morgan fingerprint density at radius 1 is 1.55 bits per heavy atom. The fourth-order valence-electron chi connectivity index (χ4n) is 2.46. The Kier molecular flexibility index (Phi) is 4.85. The molecule has 0 aromatic carbocycles. The molecule has 0 radical (unpaired) electrons. The normalized spacial score (nSPS) is 18.6. The van der Waals surface area contributed by atoms with Gasteiger partial charge in [-0.1, -0.05) is 0 Å². The molecule has 2 aromatic heterocycles. The molecule has 0 unspecified atom stereocenters. The average molecular weight is 338 g/mol. The smallest absolute Gasteiger partial charge is 0.274 e. The van der Waals surface area contributed by atoms with Crippen LogP contribution in [-0.2, 0) is 11.3 Å². The van der Waals surface area contributed by atoms with Crippen LogP contribution in [0.2, 0.25) is 0 Å². The average Bonchev–Trinajstić information content (AvgIpc) is 3.16. The summed E-state index contributed by atoms with van der Waals surface area (Å²) in [5, 5.41) is 2.63. The number of hydrogen-bond acceptors (Lipinski definition) is 6. The summed E-state index contributed by atoms with van der Waals surface area (Å²) in [5.41, 5.74) is 0.497. The van der Waals surface area contributed by atoms with E-state index in [1.165, 1.54) is 11.3 Å². The predicted molar refractivity (Wildman–Crippen MR) is 87.4 cm³/mol. The maximum atomic E-state index is 12.8. The van der Waals surface area contributed by atoms with Crippen molar-refractivity contribution in [1.29, 1.82) is 0 Å². The van der Waals surface area contributed by atoms with Crippen molar-refractivity contribution < 1.29 is 13.9 Å². The van der Waals surface area contributed by atoms with Gasteiger partial charge in [0.15, 0.2) is 0 Å². The van der Waals surface area contributed by atoms with Crippen LogP contribution in [0.5, 0.6) is 0 Å². The van der Waals surface area contributed by atoms with Crippen LogP contribution < -0.4 is 0 Å². The SMILES string of the molecule is COCc1nc(C(=O)N2CCSC[C@H]2c2ccc(C)o2)cs1. The number of hydrogen-bond donors (Lipinski definition) is 0. The largest absolute Gasteiger partial charge is 0.464 e. The van der Waals surface area contributed by atoms with Gasteiger partial charge >= 0.3 is 0 Å². The topological polar surface area (TPSA) is 55.6 Å². The number of carbonyl (C=O) groups is 1. The van der Waals surface area contributed by atoms with Gasteiger partial charge in [0.1, 0.15) is 22.2 Å². The van der Waals surface area contributed by atoms with E-state index in [0.29, 0.717) is 18.8 Å². The van der Waals surface area contributed by atoms with E-state index >= 15 is 0 Å². The molecule has 5 nitrogen and oxygen atoms in total. The number of rotatable bonds is 4. The first-order valence-electron chi connectivity index (χ1n) is 7.07. The van der Waals surface area contributed by atoms with Gasteiger partial charge in [-0.15, -0.1) is 11.3 Å². The van der Waals surface area contributed by atoms with E-state index in [-0.39, 0.29) is 11.9 Å². The van der Waals surface area contributed by atoms with Gasteiger partial charge in [-0.3, -0.25) is 4.79 Å². The summed E-state index contributed by atoms with van der Waals surface area (Å²) in [6.07, 6.45) is 0. The lowest BCUT2D eigenvalue weighted by molar-refractivity contribution is 0.0675. The van der Waals surface area contributed by atoms with Gasteiger partial charge in [-0.2, -0.15) is 11.8 Å². The minimum Gasteiger partial charge on any atom is -0.464 e. The molecule has 2 aromatic rings. The lowest BCUT2D eigenvalue weighted by atomic mass is 10.2. The molecule has 0 saturated carbocycles. The lowest BCUT2D eigenvalue weighted by Crippen LogP contribution is -2.40. The Hall–Kier alpha value is -1.31. The first kappa shape index (κ1) is 15.6. The number of nitrogens with zero attached hydrogens (tertiary/aromatic N) is 2. The Labute approximate surface area is 137 Å². The maximum absolute atomic E-state index is 12.8. The van der Waals surface area contributed by atoms with Gasteiger partial charge in [0, 0.05) is 30.5 Å². The van der Waals surface area contributed by atoms with Crippen LogP contribution in [-0.4, -0.2) is 41.0 Å². The van der Waals surface area contributed by atoms with Crippen molar-refractivity contribution in [2.45, 2.75) is 19.6 Å². The summed E-state index contributed by atoms with van der Waals surface area (Å²) >= 11 is 3.30. The maximum Gasteiger partial charge on any atom is 0.274 e. The van der Waals surface area contributed by atoms with Crippen LogP contribution >= 0.6 is 23.1 Å². The van der Waals surface area contributed by atoms with Gasteiger partial charge in [0.25, 0.3) is 5.91 Å². The van der Waals surface area contributed by atoms with E-state index in [1.54, 1.807) is 7.11 Å². The molecule has 1 aliphatic heterocycles. The highest BCUT2D eigenvalue weighted by atomic mass is 32.2. The van der Waals surface area contributed by atoms with Gasteiger partial charge in [-0.25, -0.2) is 4.98 Å². The Morgan fingerprint density at radius 3 is 3.14 bits per heavy atom. The van der Waals surface area contributed by atoms with Gasteiger partial charge in [0.2, 0.25) is 0 Å². The third-order valence-corrected chi connectivity index (χ3v) is 5.36. The second kappa shape index (κ2) is 6.85. The number of thiazole rings is 1. The first-order chi connectivity index (χ1) is 10.7. The van der Waals surface area contributed by atoms with Crippen molar-refractivity contribution in [3.05, 3.63) is 39.7 Å². The van der Waals surface area contributed by atoms with Crippen molar-refractivity contribution in [2.24, 2.45) is 0 Å². The van der Waals surface area contributed by atoms with Crippen molar-refractivity contribution in [3.63, 3.8) is 0 Å². The molecule has 1 fully saturated rings. The van der Waals surface area contributed by atoms with E-state index in [0.717, 1.165) is 28.0 Å². The van der Waals surface area contributed by atoms with Crippen molar-refractivity contribution in [2.75, 3.05) is 25.2 Å². The van der Waals surface area contributed by atoms with Gasteiger partial charge < -0.3 is 14.1 Å². The number of thioether (sulfide) groups is 1. The summed E-state index contributed by atoms with van der Waals surface area (Å²) < 4.78 is 10.8. The fourth-order valence-corrected chi connectivity index (χ4v) is 4.26. The zero-order chi connectivity index (χ0) is 15.5. The quantitative estimate of drug-likeness (QED) is 0.857. The van der Waals surface area contributed by atoms with Crippen LogP contribution in [0.4, 0.5) is 0 Å². The summed E-state index contributed by atoms with van der Waals surface area (Å²) in [6, 6.07) is 3.88. The molecule has 1 amide bonds. The van der Waals surface area contributed by atoms with Crippen LogP contribution in [0.1, 0.15) is 33.1 Å². The highest BCUT2D eigenvalue weighted by Gasteiger charge is 2.32. The van der Waals surface area contributed by atoms with Crippen LogP contribution in [0.15, 0.2) is 21.9 Å². The number of methoxy groups -OCH3 is 1. The zero-order valence-electron chi connectivity index (χ0n) is 12.6. The summed E-state index contributed by atoms with van der Waals surface area (Å²) in [7, 11) is 1.63. The molecule has 0 aliphatic carbocycles. The second-order valence-corrected chi connectivity index (χ2v) is 7.19. The molecule has 1 saturated heterocycles. The molecule has 1 aliphatic rings. The minimum atomic E-state index is -0.0297. The van der Waals surface area contributed by atoms with E-state index in [2.05, 4.69) is 4.98 Å². The minimum absolute atomic E-state index is 0.0208. The van der Waals surface area contributed by atoms with Crippen molar-refractivity contribution >= 4 is 29.0 Å². The monoisotopic (exact) mass is 338 g/mol. The Morgan fingerprint density at radius 2 is 2.41 bits per heavy atom. The number of ether oxygens (including phenoxy) is 1. The molecule has 0 spiro atoms. The zero-order valence-corrected chi connectivity index (χ0v) is 14.2. The third kappa shape index (κ3) is 3.21. The summed E-state index contributed by atoms with van der Waals surface area (Å²) in [6.45, 7) is 3.07. The molecular weight excluding hydrogens is 320 g/mol. The number of furan rings is 1. The highest BCUT2D eigenvalue weighted by molar-refractivity contribution is 7.99. The molecule has 22 heavy (non-hydrogen) atoms. The first-order valence-corrected chi connectivity index (χ1v) is 9.11.